The van der Waals surface area contributed by atoms with Crippen molar-refractivity contribution in [2.45, 2.75) is 44.4 Å². The number of aromatic nitrogens is 2. The van der Waals surface area contributed by atoms with Gasteiger partial charge in [0.1, 0.15) is 17.6 Å². The molecule has 3 heterocycles. The van der Waals surface area contributed by atoms with Crippen LogP contribution in [-0.2, 0) is 22.5 Å². The molecule has 2 fully saturated rings. The molecule has 42 heavy (non-hydrogen) atoms. The third kappa shape index (κ3) is 5.97. The van der Waals surface area contributed by atoms with E-state index in [2.05, 4.69) is 27.3 Å². The fourth-order valence-corrected chi connectivity index (χ4v) is 5.88. The molecule has 0 bridgehead atoms. The summed E-state index contributed by atoms with van der Waals surface area (Å²) in [6.45, 7) is 15.3. The Kier molecular flexibility index (Phi) is 8.11. The molecule has 218 valence electrons. The van der Waals surface area contributed by atoms with Crippen LogP contribution in [0.5, 0.6) is 11.8 Å². The predicted octanol–water partition coefficient (Wildman–Crippen LogP) is 3.97. The highest BCUT2D eigenvalue weighted by molar-refractivity contribution is 5.95. The molecule has 1 aliphatic carbocycles. The van der Waals surface area contributed by atoms with Crippen LogP contribution >= 0.6 is 0 Å². The van der Waals surface area contributed by atoms with Gasteiger partial charge in [-0.15, -0.1) is 0 Å². The fraction of sp³-hybridized carbons (Fsp3) is 0.438. The van der Waals surface area contributed by atoms with Gasteiger partial charge in [-0.1, -0.05) is 30.8 Å². The van der Waals surface area contributed by atoms with Crippen LogP contribution in [0.15, 0.2) is 49.1 Å². The van der Waals surface area contributed by atoms with Crippen LogP contribution in [0.2, 0.25) is 0 Å². The van der Waals surface area contributed by atoms with Crippen molar-refractivity contribution in [2.75, 3.05) is 55.7 Å². The highest BCUT2D eigenvalue weighted by atomic mass is 16.5. The van der Waals surface area contributed by atoms with Crippen LogP contribution < -0.4 is 14.5 Å². The molecule has 1 saturated heterocycles. The maximum atomic E-state index is 12.5. The number of carbonyl (C=O) groups excluding carboxylic acids is 1. The first-order valence-electron chi connectivity index (χ1n) is 14.7. The molecule has 2 aliphatic heterocycles. The summed E-state index contributed by atoms with van der Waals surface area (Å²) in [6, 6.07) is 11.7. The van der Waals surface area contributed by atoms with Gasteiger partial charge in [0, 0.05) is 55.3 Å². The summed E-state index contributed by atoms with van der Waals surface area (Å²) >= 11 is 0. The van der Waals surface area contributed by atoms with Gasteiger partial charge in [0.15, 0.2) is 0 Å². The third-order valence-electron chi connectivity index (χ3n) is 8.13. The number of carbonyl (C=O) groups is 1. The molecule has 3 aromatic rings. The number of fused-ring (bicyclic) bond motifs is 2. The zero-order valence-electron chi connectivity index (χ0n) is 23.7. The minimum absolute atomic E-state index is 0.153. The Morgan fingerprint density at radius 3 is 2.81 bits per heavy atom. The van der Waals surface area contributed by atoms with Crippen molar-refractivity contribution < 1.29 is 19.4 Å². The van der Waals surface area contributed by atoms with E-state index in [1.807, 2.05) is 24.3 Å². The highest BCUT2D eigenvalue weighted by Crippen LogP contribution is 2.36. The first-order chi connectivity index (χ1) is 20.5. The lowest BCUT2D eigenvalue weighted by molar-refractivity contribution is -0.128. The zero-order valence-corrected chi connectivity index (χ0v) is 23.7. The monoisotopic (exact) mass is 568 g/mol. The van der Waals surface area contributed by atoms with E-state index in [0.717, 1.165) is 59.3 Å². The number of rotatable bonds is 10. The first kappa shape index (κ1) is 27.8. The van der Waals surface area contributed by atoms with Gasteiger partial charge < -0.3 is 34.1 Å². The topological polar surface area (TPSA) is 95.6 Å². The number of nitrogens with zero attached hydrogens (tertiary/aromatic N) is 6. The Balaban J connectivity index is 1.29. The number of hydrogen-bond donors (Lipinski definition) is 1. The van der Waals surface area contributed by atoms with Crippen LogP contribution in [0.25, 0.3) is 15.6 Å². The lowest BCUT2D eigenvalue weighted by Gasteiger charge is -2.41. The quantitative estimate of drug-likeness (QED) is 0.223. The van der Waals surface area contributed by atoms with Crippen LogP contribution in [0.1, 0.15) is 30.5 Å². The molecule has 10 heteroatoms. The van der Waals surface area contributed by atoms with Crippen molar-refractivity contribution in [3.63, 3.8) is 0 Å². The summed E-state index contributed by atoms with van der Waals surface area (Å²) in [5.74, 6) is 0.887. The number of ether oxygens (including phenoxy) is 2. The molecule has 10 nitrogen and oxygen atoms in total. The number of aromatic hydroxyl groups is 1. The highest BCUT2D eigenvalue weighted by Gasteiger charge is 2.35. The zero-order chi connectivity index (χ0) is 29.1. The van der Waals surface area contributed by atoms with Gasteiger partial charge in [-0.25, -0.2) is 6.57 Å². The number of piperazine rings is 1. The molecule has 1 aromatic heterocycles. The summed E-state index contributed by atoms with van der Waals surface area (Å²) in [5, 5.41) is 12.5. The maximum Gasteiger partial charge on any atom is 0.318 e. The Labute approximate surface area is 246 Å². The molecule has 1 N–H and O–H groups in total. The summed E-state index contributed by atoms with van der Waals surface area (Å²) < 4.78 is 11.8. The standard InChI is InChI=1S/C32H36N6O4/c1-3-30(40)38-14-13-37(20-23(38)19-33-2)31-27-11-12-36(29-18-24(39)17-22-7-4-5-8-26(22)29)21-28(27)34-32(35-31)42-16-6-15-41-25-9-10-25/h3-5,7-8,17-18,23,25,39H,1,6,9-16,19-21H2/t23-/m0/s1. The lowest BCUT2D eigenvalue weighted by atomic mass is 10.0. The van der Waals surface area contributed by atoms with Gasteiger partial charge in [-0.05, 0) is 36.8 Å². The molecule has 2 aromatic carbocycles. The van der Waals surface area contributed by atoms with E-state index in [1.165, 1.54) is 6.08 Å². The SMILES string of the molecule is [C-]#[N+]C[C@H]1CN(c2nc(OCCCOC3CC3)nc3c2CCN(c2cc(O)cc4ccccc24)C3)CCN1C(=O)C=C. The van der Waals surface area contributed by atoms with Crippen molar-refractivity contribution in [2.24, 2.45) is 0 Å². The van der Waals surface area contributed by atoms with Crippen LogP contribution in [-0.4, -0.2) is 84.0 Å². The van der Waals surface area contributed by atoms with Gasteiger partial charge >= 0.3 is 6.01 Å². The van der Waals surface area contributed by atoms with E-state index in [-0.39, 0.29) is 24.2 Å². The van der Waals surface area contributed by atoms with E-state index in [9.17, 15) is 9.90 Å². The van der Waals surface area contributed by atoms with Crippen LogP contribution in [0.4, 0.5) is 11.5 Å². The third-order valence-corrected chi connectivity index (χ3v) is 8.13. The Hall–Kier alpha value is -4.36. The number of anilines is 2. The van der Waals surface area contributed by atoms with Gasteiger partial charge in [-0.3, -0.25) is 4.79 Å². The Bertz CT molecular complexity index is 1520. The molecule has 0 unspecified atom stereocenters. The maximum absolute atomic E-state index is 12.5. The first-order valence-corrected chi connectivity index (χ1v) is 14.7. The summed E-state index contributed by atoms with van der Waals surface area (Å²) in [4.78, 5) is 32.0. The lowest BCUT2D eigenvalue weighted by Crippen LogP contribution is -2.56. The van der Waals surface area contributed by atoms with Crippen molar-refractivity contribution in [3.05, 3.63) is 71.7 Å². The predicted molar refractivity (Wildman–Crippen MR) is 161 cm³/mol. The molecule has 0 radical (unpaired) electrons. The van der Waals surface area contributed by atoms with Gasteiger partial charge in [0.25, 0.3) is 0 Å². The number of phenolic OH excluding ortho intramolecular Hbond substituents is 1. The number of hydrogen-bond acceptors (Lipinski definition) is 8. The van der Waals surface area contributed by atoms with Gasteiger partial charge in [0.2, 0.25) is 12.5 Å². The van der Waals surface area contributed by atoms with Gasteiger partial charge in [0.05, 0.1) is 31.6 Å². The summed E-state index contributed by atoms with van der Waals surface area (Å²) in [6.07, 6.45) is 5.47. The van der Waals surface area contributed by atoms with E-state index >= 15 is 0 Å². The molecule has 3 aliphatic rings. The normalized spacial score (nSPS) is 18.5. The minimum atomic E-state index is -0.255. The van der Waals surface area contributed by atoms with E-state index in [0.29, 0.717) is 57.9 Å². The Morgan fingerprint density at radius 1 is 1.14 bits per heavy atom. The van der Waals surface area contributed by atoms with Crippen LogP contribution in [0.3, 0.4) is 0 Å². The summed E-state index contributed by atoms with van der Waals surface area (Å²) in [7, 11) is 0. The molecule has 1 amide bonds. The van der Waals surface area contributed by atoms with Crippen molar-refractivity contribution in [1.29, 1.82) is 0 Å². The number of amides is 1. The van der Waals surface area contributed by atoms with Crippen LogP contribution in [0, 0.1) is 6.57 Å². The average molecular weight is 569 g/mol. The molecule has 1 atom stereocenters. The largest absolute Gasteiger partial charge is 0.508 e. The van der Waals surface area contributed by atoms with Crippen molar-refractivity contribution in [3.8, 4) is 11.8 Å². The van der Waals surface area contributed by atoms with Crippen molar-refractivity contribution >= 4 is 28.2 Å². The second-order valence-corrected chi connectivity index (χ2v) is 11.1. The van der Waals surface area contributed by atoms with E-state index < -0.39 is 0 Å². The average Bonchev–Trinajstić information content (AvgIpc) is 3.84. The smallest absolute Gasteiger partial charge is 0.318 e. The van der Waals surface area contributed by atoms with Crippen molar-refractivity contribution in [1.82, 2.24) is 14.9 Å². The number of phenols is 1. The molecule has 6 rings (SSSR count). The van der Waals surface area contributed by atoms with Gasteiger partial charge in [-0.2, -0.15) is 9.97 Å². The fourth-order valence-electron chi connectivity index (χ4n) is 5.88. The summed E-state index contributed by atoms with van der Waals surface area (Å²) in [5.41, 5.74) is 2.91. The second-order valence-electron chi connectivity index (χ2n) is 11.1. The number of benzene rings is 2. The molecule has 0 spiro atoms. The second kappa shape index (κ2) is 12.2. The van der Waals surface area contributed by atoms with E-state index in [1.54, 1.807) is 11.0 Å². The van der Waals surface area contributed by atoms with E-state index in [4.69, 9.17) is 26.0 Å². The molecule has 1 saturated carbocycles. The Morgan fingerprint density at radius 2 is 2.00 bits per heavy atom. The minimum Gasteiger partial charge on any atom is -0.508 e. The molecular weight excluding hydrogens is 532 g/mol. The molecular formula is C32H36N6O4.